The van der Waals surface area contributed by atoms with Crippen molar-refractivity contribution in [3.8, 4) is 68.0 Å². The number of hydrogen-bond acceptors (Lipinski definition) is 2. The predicted octanol–water partition coefficient (Wildman–Crippen LogP) is 14.3. The minimum absolute atomic E-state index is 0.0222. The molecule has 0 aliphatic heterocycles. The SMILES string of the molecule is [C-]#[N+]c1c([N+]#[C-])c(-n2c3ccccc3c3cc4c5c(cccc5c32)-c2ccccc2-4)c(C#N)c(C#N)c1-n1c2ccccc2c2cc3c4c(cccc4c21)-c1ccccc1-3. The number of nitriles is 2. The Morgan fingerprint density at radius 1 is 0.383 bits per heavy atom. The quantitative estimate of drug-likeness (QED) is 0.165. The summed E-state index contributed by atoms with van der Waals surface area (Å²) in [4.78, 5) is 8.31. The van der Waals surface area contributed by atoms with Crippen LogP contribution in [-0.4, -0.2) is 9.13 Å². The van der Waals surface area contributed by atoms with E-state index in [0.29, 0.717) is 0 Å². The molecule has 11 aromatic rings. The van der Waals surface area contributed by atoms with E-state index >= 15 is 0 Å². The highest BCUT2D eigenvalue weighted by Crippen LogP contribution is 2.55. The van der Waals surface area contributed by atoms with Gasteiger partial charge in [0, 0.05) is 32.3 Å². The molecule has 9 aromatic carbocycles. The Bertz CT molecular complexity index is 3740. The lowest BCUT2D eigenvalue weighted by Crippen LogP contribution is -2.07. The molecular weight excluding hydrogens is 733 g/mol. The fourth-order valence-corrected chi connectivity index (χ4v) is 10.7. The van der Waals surface area contributed by atoms with Crippen LogP contribution < -0.4 is 0 Å². The van der Waals surface area contributed by atoms with Gasteiger partial charge in [-0.3, -0.25) is 0 Å². The highest BCUT2D eigenvalue weighted by Gasteiger charge is 2.33. The zero-order chi connectivity index (χ0) is 40.0. The number of para-hydroxylation sites is 2. The first kappa shape index (κ1) is 32.2. The van der Waals surface area contributed by atoms with E-state index < -0.39 is 0 Å². The highest BCUT2D eigenvalue weighted by molar-refractivity contribution is 6.30. The molecule has 0 unspecified atom stereocenters. The largest absolute Gasteiger partial charge is 0.318 e. The van der Waals surface area contributed by atoms with Gasteiger partial charge in [0.25, 0.3) is 0 Å². The van der Waals surface area contributed by atoms with Gasteiger partial charge in [-0.05, 0) is 79.5 Å². The Hall–Kier alpha value is -8.94. The van der Waals surface area contributed by atoms with Crippen molar-refractivity contribution >= 4 is 76.5 Å². The summed E-state index contributed by atoms with van der Waals surface area (Å²) in [5.41, 5.74) is 12.9. The number of aromatic nitrogens is 2. The van der Waals surface area contributed by atoms with Crippen molar-refractivity contribution in [2.45, 2.75) is 0 Å². The zero-order valence-electron chi connectivity index (χ0n) is 31.5. The molecule has 0 amide bonds. The molecule has 2 aromatic heterocycles. The van der Waals surface area contributed by atoms with Crippen LogP contribution in [0.5, 0.6) is 0 Å². The van der Waals surface area contributed by atoms with Crippen LogP contribution in [-0.2, 0) is 0 Å². The van der Waals surface area contributed by atoms with Gasteiger partial charge in [-0.15, -0.1) is 0 Å². The van der Waals surface area contributed by atoms with Crippen molar-refractivity contribution < 1.29 is 0 Å². The predicted molar refractivity (Wildman–Crippen MR) is 241 cm³/mol. The van der Waals surface area contributed by atoms with Crippen LogP contribution in [0.4, 0.5) is 11.4 Å². The van der Waals surface area contributed by atoms with Gasteiger partial charge in [-0.25, -0.2) is 9.69 Å². The van der Waals surface area contributed by atoms with Crippen molar-refractivity contribution in [1.82, 2.24) is 9.13 Å². The lowest BCUT2D eigenvalue weighted by molar-refractivity contribution is 1.14. The van der Waals surface area contributed by atoms with E-state index in [-0.39, 0.29) is 33.9 Å². The van der Waals surface area contributed by atoms with Gasteiger partial charge in [0.05, 0.1) is 57.7 Å². The average Bonchev–Trinajstić information content (AvgIpc) is 4.02. The monoisotopic (exact) mass is 756 g/mol. The molecule has 0 saturated carbocycles. The van der Waals surface area contributed by atoms with E-state index in [1.165, 1.54) is 0 Å². The highest BCUT2D eigenvalue weighted by atomic mass is 15.1. The van der Waals surface area contributed by atoms with Crippen LogP contribution in [0.2, 0.25) is 0 Å². The minimum Gasteiger partial charge on any atom is -0.318 e. The van der Waals surface area contributed by atoms with E-state index in [1.54, 1.807) is 0 Å². The van der Waals surface area contributed by atoms with E-state index in [0.717, 1.165) is 110 Å². The second-order valence-corrected chi connectivity index (χ2v) is 15.5. The molecule has 2 aliphatic carbocycles. The van der Waals surface area contributed by atoms with Crippen LogP contribution in [0.3, 0.4) is 0 Å². The van der Waals surface area contributed by atoms with Gasteiger partial charge in [0.15, 0.2) is 0 Å². The van der Waals surface area contributed by atoms with Gasteiger partial charge in [0.1, 0.15) is 12.1 Å². The molecule has 0 saturated heterocycles. The van der Waals surface area contributed by atoms with Crippen LogP contribution in [0, 0.1) is 35.8 Å². The topological polar surface area (TPSA) is 66.2 Å². The summed E-state index contributed by atoms with van der Waals surface area (Å²) in [7, 11) is 0. The lowest BCUT2D eigenvalue weighted by Gasteiger charge is -2.21. The third-order valence-electron chi connectivity index (χ3n) is 12.9. The molecular formula is C54H24N6. The summed E-state index contributed by atoms with van der Waals surface area (Å²) in [6.45, 7) is 17.7. The molecule has 0 N–H and O–H groups in total. The van der Waals surface area contributed by atoms with E-state index in [4.69, 9.17) is 13.1 Å². The van der Waals surface area contributed by atoms with Gasteiger partial charge in [-0.2, -0.15) is 10.5 Å². The van der Waals surface area contributed by atoms with Crippen LogP contribution in [0.15, 0.2) is 146 Å². The molecule has 13 rings (SSSR count). The molecule has 2 heterocycles. The minimum atomic E-state index is 0.0222. The van der Waals surface area contributed by atoms with Gasteiger partial charge < -0.3 is 9.13 Å². The Morgan fingerprint density at radius 2 is 0.733 bits per heavy atom. The van der Waals surface area contributed by atoms with E-state index in [1.807, 2.05) is 45.5 Å². The van der Waals surface area contributed by atoms with Crippen LogP contribution in [0.25, 0.3) is 131 Å². The molecule has 270 valence electrons. The molecule has 60 heavy (non-hydrogen) atoms. The van der Waals surface area contributed by atoms with Crippen molar-refractivity contribution in [3.63, 3.8) is 0 Å². The van der Waals surface area contributed by atoms with Crippen molar-refractivity contribution in [1.29, 1.82) is 10.5 Å². The van der Waals surface area contributed by atoms with Crippen LogP contribution in [0.1, 0.15) is 11.1 Å². The van der Waals surface area contributed by atoms with Crippen molar-refractivity contribution in [2.75, 3.05) is 0 Å². The smallest absolute Gasteiger partial charge is 0.221 e. The van der Waals surface area contributed by atoms with Gasteiger partial charge in [-0.1, -0.05) is 121 Å². The standard InChI is InChI=1S/C54H24N6/c1-57-49-50(58-2)54(60-46-24-10-8-18-34(46)42-26-40-32-16-6-4-14-30(32)36-20-12-22-38(48(36)40)52(42)60)44(28-56)43(27-55)53(49)59-45-23-9-7-17-33(45)41-25-39-31-15-5-3-13-29(31)35-19-11-21-37(47(35)39)51(41)59/h3-26H. The molecule has 0 atom stereocenters. The summed E-state index contributed by atoms with van der Waals surface area (Å²) in [5.74, 6) is 0. The molecule has 6 heteroatoms. The Labute approximate surface area is 342 Å². The summed E-state index contributed by atoms with van der Waals surface area (Å²) < 4.78 is 3.95. The lowest BCUT2D eigenvalue weighted by atomic mass is 9.97. The van der Waals surface area contributed by atoms with Crippen LogP contribution >= 0.6 is 0 Å². The third-order valence-corrected chi connectivity index (χ3v) is 12.9. The Morgan fingerprint density at radius 3 is 1.13 bits per heavy atom. The number of nitrogens with zero attached hydrogens (tertiary/aromatic N) is 6. The van der Waals surface area contributed by atoms with E-state index in [2.05, 4.69) is 131 Å². The first-order chi connectivity index (χ1) is 29.7. The maximum absolute atomic E-state index is 11.4. The summed E-state index contributed by atoms with van der Waals surface area (Å²) in [6.07, 6.45) is 0. The maximum Gasteiger partial charge on any atom is 0.221 e. The summed E-state index contributed by atoms with van der Waals surface area (Å²) in [5, 5.41) is 30.7. The molecule has 0 radical (unpaired) electrons. The zero-order valence-corrected chi connectivity index (χ0v) is 31.5. The molecule has 0 bridgehead atoms. The molecule has 2 aliphatic rings. The number of hydrogen-bond donors (Lipinski definition) is 0. The third kappa shape index (κ3) is 3.70. The second kappa shape index (κ2) is 11.3. The van der Waals surface area contributed by atoms with Gasteiger partial charge in [0.2, 0.25) is 11.4 Å². The maximum atomic E-state index is 11.4. The normalized spacial score (nSPS) is 11.9. The molecule has 0 spiro atoms. The summed E-state index contributed by atoms with van der Waals surface area (Å²) in [6, 6.07) is 54.7. The fraction of sp³-hybridized carbons (Fsp3) is 0. The molecule has 0 fully saturated rings. The van der Waals surface area contributed by atoms with Crippen molar-refractivity contribution in [3.05, 3.63) is 180 Å². The average molecular weight is 757 g/mol. The Balaban J connectivity index is 1.21. The first-order valence-corrected chi connectivity index (χ1v) is 19.6. The number of benzene rings is 9. The Kier molecular flexibility index (Phi) is 6.08. The summed E-state index contributed by atoms with van der Waals surface area (Å²) >= 11 is 0. The van der Waals surface area contributed by atoms with E-state index in [9.17, 15) is 10.5 Å². The fourth-order valence-electron chi connectivity index (χ4n) is 10.7. The number of rotatable bonds is 2. The number of fused-ring (bicyclic) bond motifs is 14. The van der Waals surface area contributed by atoms with Gasteiger partial charge >= 0.3 is 0 Å². The van der Waals surface area contributed by atoms with Crippen molar-refractivity contribution in [2.24, 2.45) is 0 Å². The molecule has 6 nitrogen and oxygen atoms in total. The first-order valence-electron chi connectivity index (χ1n) is 19.6. The second-order valence-electron chi connectivity index (χ2n) is 15.5.